The molecule has 6 heteroatoms. The van der Waals surface area contributed by atoms with Crippen molar-refractivity contribution in [3.05, 3.63) is 78.5 Å². The molecule has 3 rings (SSSR count). The van der Waals surface area contributed by atoms with E-state index >= 15 is 0 Å². The van der Waals surface area contributed by atoms with E-state index in [1.54, 1.807) is 0 Å². The number of hydrogen-bond donors (Lipinski definition) is 3. The van der Waals surface area contributed by atoms with Crippen LogP contribution in [0.3, 0.4) is 0 Å². The molecule has 1 heterocycles. The van der Waals surface area contributed by atoms with Crippen LogP contribution in [0.5, 0.6) is 0 Å². The van der Waals surface area contributed by atoms with Crippen molar-refractivity contribution in [3.63, 3.8) is 0 Å². The minimum absolute atomic E-state index is 0. The van der Waals surface area contributed by atoms with Crippen molar-refractivity contribution in [2.45, 2.75) is 6.54 Å². The molecule has 0 spiro atoms. The molecular weight excluding hydrogens is 348 g/mol. The lowest BCUT2D eigenvalue weighted by atomic mass is 10.1. The number of benzene rings is 2. The van der Waals surface area contributed by atoms with E-state index in [0.717, 1.165) is 29.2 Å². The van der Waals surface area contributed by atoms with Crippen LogP contribution in [-0.2, 0) is 6.54 Å². The molecule has 2 aromatic carbocycles. The highest BCUT2D eigenvalue weighted by Gasteiger charge is 2.07. The third-order valence-corrected chi connectivity index (χ3v) is 4.10. The molecule has 0 aliphatic carbocycles. The van der Waals surface area contributed by atoms with Gasteiger partial charge in [0.15, 0.2) is 0 Å². The monoisotopic (exact) mass is 376 g/mol. The van der Waals surface area contributed by atoms with Crippen LogP contribution in [-0.4, -0.2) is 30.8 Å². The van der Waals surface area contributed by atoms with Gasteiger partial charge in [0.25, 0.3) is 0 Å². The molecule has 6 nitrogen and oxygen atoms in total. The van der Waals surface area contributed by atoms with E-state index < -0.39 is 0 Å². The fourth-order valence-corrected chi connectivity index (χ4v) is 2.74. The summed E-state index contributed by atoms with van der Waals surface area (Å²) < 4.78 is 0. The van der Waals surface area contributed by atoms with Gasteiger partial charge in [0, 0.05) is 21.5 Å². The van der Waals surface area contributed by atoms with Gasteiger partial charge in [0.2, 0.25) is 0 Å². The Labute approximate surface area is 168 Å². The molecule has 146 valence electrons. The molecule has 0 atom stereocenters. The van der Waals surface area contributed by atoms with E-state index in [-0.39, 0.29) is 2.85 Å². The first kappa shape index (κ1) is 19.1. The number of rotatable bonds is 9. The van der Waals surface area contributed by atoms with Gasteiger partial charge in [0.05, 0.1) is 24.8 Å². The molecule has 28 heavy (non-hydrogen) atoms. The second-order valence-corrected chi connectivity index (χ2v) is 6.07. The van der Waals surface area contributed by atoms with Crippen molar-refractivity contribution in [2.24, 2.45) is 15.7 Å². The Hall–Kier alpha value is -3.67. The molecule has 4 N–H and O–H groups in total. The van der Waals surface area contributed by atoms with Gasteiger partial charge in [-0.1, -0.05) is 60.7 Å². The number of pyridine rings is 1. The summed E-state index contributed by atoms with van der Waals surface area (Å²) in [5.74, 6) is 0.837. The number of nitrogens with two attached hydrogens (primary N) is 1. The maximum atomic E-state index is 5.18. The van der Waals surface area contributed by atoms with Gasteiger partial charge in [-0.05, 0) is 17.2 Å². The van der Waals surface area contributed by atoms with E-state index in [9.17, 15) is 0 Å². The Morgan fingerprint density at radius 3 is 2.50 bits per heavy atom. The van der Waals surface area contributed by atoms with E-state index in [1.165, 1.54) is 18.2 Å². The standard InChI is InChI=1S/C22H24N6.2H2/c23-16-25-17-24-11-12-26-21-15-28-22(27-14-18-7-3-1-4-8-18)13-20(21)19-9-5-2-6-10-19;;/h1-10,13,15-17,26H,11-12,14H2,(H,27,28)(H2,23,24,25);2*1H. The first-order chi connectivity index (χ1) is 13.9. The van der Waals surface area contributed by atoms with Crippen molar-refractivity contribution < 1.29 is 2.85 Å². The Kier molecular flexibility index (Phi) is 7.14. The molecule has 0 bridgehead atoms. The molecular formula is C22H28N6. The summed E-state index contributed by atoms with van der Waals surface area (Å²) in [7, 11) is 0. The van der Waals surface area contributed by atoms with Gasteiger partial charge in [-0.3, -0.25) is 4.99 Å². The van der Waals surface area contributed by atoms with E-state index in [1.807, 2.05) is 42.6 Å². The number of aliphatic imine (C=N–C) groups is 2. The maximum absolute atomic E-state index is 5.18. The highest BCUT2D eigenvalue weighted by atomic mass is 15.0. The lowest BCUT2D eigenvalue weighted by Gasteiger charge is -2.14. The van der Waals surface area contributed by atoms with Crippen molar-refractivity contribution in [3.8, 4) is 11.1 Å². The molecule has 0 radical (unpaired) electrons. The van der Waals surface area contributed by atoms with Gasteiger partial charge >= 0.3 is 0 Å². The molecule has 0 saturated heterocycles. The summed E-state index contributed by atoms with van der Waals surface area (Å²) in [6.45, 7) is 2.00. The summed E-state index contributed by atoms with van der Waals surface area (Å²) in [5, 5.41) is 6.80. The van der Waals surface area contributed by atoms with Gasteiger partial charge < -0.3 is 16.4 Å². The average molecular weight is 377 g/mol. The van der Waals surface area contributed by atoms with Crippen molar-refractivity contribution in [2.75, 3.05) is 23.7 Å². The van der Waals surface area contributed by atoms with Gasteiger partial charge in [0.1, 0.15) is 12.2 Å². The zero-order valence-electron chi connectivity index (χ0n) is 15.6. The number of nitrogens with zero attached hydrogens (tertiary/aromatic N) is 3. The molecule has 0 saturated carbocycles. The quantitative estimate of drug-likeness (QED) is 0.295. The summed E-state index contributed by atoms with van der Waals surface area (Å²) in [6.07, 6.45) is 4.53. The predicted octanol–water partition coefficient (Wildman–Crippen LogP) is 4.28. The molecule has 0 unspecified atom stereocenters. The fourth-order valence-electron chi connectivity index (χ4n) is 2.74. The number of hydrogen-bond acceptors (Lipinski definition) is 4. The second kappa shape index (κ2) is 10.5. The minimum Gasteiger partial charge on any atom is -0.390 e. The molecule has 3 aromatic rings. The lowest BCUT2D eigenvalue weighted by Crippen LogP contribution is -2.08. The largest absolute Gasteiger partial charge is 0.390 e. The second-order valence-electron chi connectivity index (χ2n) is 6.07. The van der Waals surface area contributed by atoms with Crippen LogP contribution in [0.2, 0.25) is 0 Å². The summed E-state index contributed by atoms with van der Waals surface area (Å²) in [5.41, 5.74) is 9.59. The highest BCUT2D eigenvalue weighted by Crippen LogP contribution is 2.29. The topological polar surface area (TPSA) is 87.7 Å². The first-order valence-corrected chi connectivity index (χ1v) is 9.15. The molecule has 0 aliphatic rings. The smallest absolute Gasteiger partial charge is 0.126 e. The normalized spacial score (nSPS) is 11.1. The van der Waals surface area contributed by atoms with Crippen LogP contribution in [0.1, 0.15) is 8.42 Å². The van der Waals surface area contributed by atoms with Gasteiger partial charge in [-0.2, -0.15) is 0 Å². The van der Waals surface area contributed by atoms with Crippen LogP contribution in [0, 0.1) is 0 Å². The SMILES string of the molecule is NC=NC=NCCNc1cnc(NCc2ccccc2)cc1-c1ccccc1.[HH].[HH]. The fraction of sp³-hybridized carbons (Fsp3) is 0.136. The van der Waals surface area contributed by atoms with Crippen LogP contribution in [0.15, 0.2) is 82.9 Å². The Bertz CT molecular complexity index is 917. The van der Waals surface area contributed by atoms with E-state index in [0.29, 0.717) is 13.1 Å². The van der Waals surface area contributed by atoms with Crippen LogP contribution < -0.4 is 16.4 Å². The summed E-state index contributed by atoms with van der Waals surface area (Å²) >= 11 is 0. The molecule has 0 fully saturated rings. The number of nitrogens with one attached hydrogen (secondary N) is 2. The van der Waals surface area contributed by atoms with Crippen molar-refractivity contribution in [1.82, 2.24) is 4.98 Å². The molecule has 0 amide bonds. The Morgan fingerprint density at radius 1 is 1.00 bits per heavy atom. The summed E-state index contributed by atoms with van der Waals surface area (Å²) in [4.78, 5) is 12.5. The number of aromatic nitrogens is 1. The Balaban J connectivity index is 0.00000225. The lowest BCUT2D eigenvalue weighted by molar-refractivity contribution is 1.02. The predicted molar refractivity (Wildman–Crippen MR) is 122 cm³/mol. The van der Waals surface area contributed by atoms with Gasteiger partial charge in [-0.25, -0.2) is 9.98 Å². The average Bonchev–Trinajstić information content (AvgIpc) is 2.76. The Morgan fingerprint density at radius 2 is 1.75 bits per heavy atom. The third-order valence-electron chi connectivity index (χ3n) is 4.10. The zero-order chi connectivity index (χ0) is 19.4. The van der Waals surface area contributed by atoms with Crippen molar-refractivity contribution >= 4 is 24.2 Å². The van der Waals surface area contributed by atoms with E-state index in [4.69, 9.17) is 5.73 Å². The maximum Gasteiger partial charge on any atom is 0.126 e. The van der Waals surface area contributed by atoms with E-state index in [2.05, 4.69) is 55.9 Å². The highest BCUT2D eigenvalue weighted by molar-refractivity contribution is 5.79. The minimum atomic E-state index is 0. The van der Waals surface area contributed by atoms with Crippen LogP contribution in [0.25, 0.3) is 11.1 Å². The third kappa shape index (κ3) is 5.67. The summed E-state index contributed by atoms with van der Waals surface area (Å²) in [6, 6.07) is 22.6. The van der Waals surface area contributed by atoms with Crippen LogP contribution in [0.4, 0.5) is 11.5 Å². The first-order valence-electron chi connectivity index (χ1n) is 9.15. The zero-order valence-corrected chi connectivity index (χ0v) is 15.6. The van der Waals surface area contributed by atoms with Gasteiger partial charge in [-0.15, -0.1) is 0 Å². The molecule has 0 aliphatic heterocycles. The van der Waals surface area contributed by atoms with Crippen molar-refractivity contribution in [1.29, 1.82) is 0 Å². The number of anilines is 2. The van der Waals surface area contributed by atoms with Crippen LogP contribution >= 0.6 is 0 Å². The molecule has 1 aromatic heterocycles.